The Labute approximate surface area is 96.5 Å². The molecule has 5 nitrogen and oxygen atoms in total. The lowest BCUT2D eigenvalue weighted by Gasteiger charge is -2.12. The Bertz CT molecular complexity index is 329. The molecule has 0 spiro atoms. The number of carbonyl (C=O) groups is 1. The first-order chi connectivity index (χ1) is 7.13. The monoisotopic (exact) mass is 247 g/mol. The normalized spacial score (nSPS) is 10.3. The van der Waals surface area contributed by atoms with Gasteiger partial charge in [0.2, 0.25) is 5.13 Å². The zero-order valence-electron chi connectivity index (χ0n) is 8.63. The first-order valence-corrected chi connectivity index (χ1v) is 6.33. The molecule has 0 aromatic carbocycles. The van der Waals surface area contributed by atoms with Gasteiger partial charge < -0.3 is 10.0 Å². The van der Waals surface area contributed by atoms with Gasteiger partial charge in [-0.1, -0.05) is 30.0 Å². The molecule has 1 rings (SSSR count). The Morgan fingerprint density at radius 1 is 1.60 bits per heavy atom. The van der Waals surface area contributed by atoms with Crippen molar-refractivity contribution in [3.05, 3.63) is 0 Å². The summed E-state index contributed by atoms with van der Waals surface area (Å²) >= 11 is 2.63. The van der Waals surface area contributed by atoms with E-state index in [2.05, 4.69) is 17.1 Å². The van der Waals surface area contributed by atoms with Gasteiger partial charge in [0.15, 0.2) is 4.34 Å². The SMILES string of the molecule is CCCN(C)c1nnc(SCC(=O)O)s1. The molecular weight excluding hydrogens is 234 g/mol. The number of rotatable bonds is 6. The van der Waals surface area contributed by atoms with E-state index in [0.717, 1.165) is 18.1 Å². The molecule has 0 saturated carbocycles. The van der Waals surface area contributed by atoms with Gasteiger partial charge in [-0.05, 0) is 6.42 Å². The summed E-state index contributed by atoms with van der Waals surface area (Å²) in [6.07, 6.45) is 1.05. The number of nitrogens with zero attached hydrogens (tertiary/aromatic N) is 3. The van der Waals surface area contributed by atoms with E-state index in [1.54, 1.807) is 0 Å². The summed E-state index contributed by atoms with van der Waals surface area (Å²) in [6, 6.07) is 0. The third kappa shape index (κ3) is 4.05. The van der Waals surface area contributed by atoms with Crippen LogP contribution < -0.4 is 4.90 Å². The van der Waals surface area contributed by atoms with E-state index in [0.29, 0.717) is 4.34 Å². The molecular formula is C8H13N3O2S2. The van der Waals surface area contributed by atoms with Crippen LogP contribution in [0, 0.1) is 0 Å². The van der Waals surface area contributed by atoms with Crippen LogP contribution in [0.1, 0.15) is 13.3 Å². The average molecular weight is 247 g/mol. The van der Waals surface area contributed by atoms with Gasteiger partial charge in [0.25, 0.3) is 0 Å². The molecule has 0 aliphatic rings. The molecule has 0 saturated heterocycles. The molecule has 0 amide bonds. The van der Waals surface area contributed by atoms with Gasteiger partial charge in [0, 0.05) is 13.6 Å². The zero-order chi connectivity index (χ0) is 11.3. The van der Waals surface area contributed by atoms with E-state index in [1.807, 2.05) is 11.9 Å². The van der Waals surface area contributed by atoms with Gasteiger partial charge in [-0.3, -0.25) is 4.79 Å². The number of aromatic nitrogens is 2. The lowest BCUT2D eigenvalue weighted by Crippen LogP contribution is -2.17. The van der Waals surface area contributed by atoms with E-state index < -0.39 is 5.97 Å². The highest BCUT2D eigenvalue weighted by Crippen LogP contribution is 2.27. The summed E-state index contributed by atoms with van der Waals surface area (Å²) in [5.41, 5.74) is 0. The largest absolute Gasteiger partial charge is 0.481 e. The van der Waals surface area contributed by atoms with Crippen molar-refractivity contribution in [2.24, 2.45) is 0 Å². The highest BCUT2D eigenvalue weighted by atomic mass is 32.2. The topological polar surface area (TPSA) is 66.3 Å². The summed E-state index contributed by atoms with van der Waals surface area (Å²) in [4.78, 5) is 12.4. The van der Waals surface area contributed by atoms with Crippen molar-refractivity contribution in [1.29, 1.82) is 0 Å². The van der Waals surface area contributed by atoms with E-state index in [-0.39, 0.29) is 5.75 Å². The number of carboxylic acid groups (broad SMARTS) is 1. The van der Waals surface area contributed by atoms with Gasteiger partial charge in [-0.15, -0.1) is 10.2 Å². The maximum absolute atomic E-state index is 10.3. The summed E-state index contributed by atoms with van der Waals surface area (Å²) in [7, 11) is 1.95. The second-order valence-corrected chi connectivity index (χ2v) is 5.13. The minimum atomic E-state index is -0.835. The minimum Gasteiger partial charge on any atom is -0.481 e. The number of hydrogen-bond acceptors (Lipinski definition) is 6. The van der Waals surface area contributed by atoms with E-state index >= 15 is 0 Å². The fourth-order valence-electron chi connectivity index (χ4n) is 0.970. The maximum atomic E-state index is 10.3. The third-order valence-electron chi connectivity index (χ3n) is 1.60. The predicted octanol–water partition coefficient (Wildman–Crippen LogP) is 1.56. The Morgan fingerprint density at radius 2 is 2.33 bits per heavy atom. The van der Waals surface area contributed by atoms with Crippen molar-refractivity contribution in [3.63, 3.8) is 0 Å². The molecule has 0 aliphatic carbocycles. The van der Waals surface area contributed by atoms with E-state index in [1.165, 1.54) is 23.1 Å². The first-order valence-electron chi connectivity index (χ1n) is 4.52. The Kier molecular flexibility index (Phi) is 4.83. The van der Waals surface area contributed by atoms with Gasteiger partial charge >= 0.3 is 5.97 Å². The molecule has 1 heterocycles. The van der Waals surface area contributed by atoms with Crippen molar-refractivity contribution in [3.8, 4) is 0 Å². The number of hydrogen-bond donors (Lipinski definition) is 1. The van der Waals surface area contributed by atoms with Gasteiger partial charge in [-0.2, -0.15) is 0 Å². The lowest BCUT2D eigenvalue weighted by atomic mass is 10.5. The van der Waals surface area contributed by atoms with Gasteiger partial charge in [0.1, 0.15) is 0 Å². The molecule has 0 radical (unpaired) electrons. The average Bonchev–Trinajstić information content (AvgIpc) is 2.63. The van der Waals surface area contributed by atoms with Crippen LogP contribution >= 0.6 is 23.1 Å². The van der Waals surface area contributed by atoms with Crippen LogP contribution in [-0.2, 0) is 4.79 Å². The second kappa shape index (κ2) is 5.92. The summed E-state index contributed by atoms with van der Waals surface area (Å²) in [6.45, 7) is 3.02. The van der Waals surface area contributed by atoms with Crippen molar-refractivity contribution in [2.75, 3.05) is 24.2 Å². The number of thioether (sulfide) groups is 1. The molecule has 1 N–H and O–H groups in total. The fraction of sp³-hybridized carbons (Fsp3) is 0.625. The fourth-order valence-corrected chi connectivity index (χ4v) is 2.52. The number of anilines is 1. The van der Waals surface area contributed by atoms with Crippen LogP contribution in [0.5, 0.6) is 0 Å². The Hall–Kier alpha value is -0.820. The summed E-state index contributed by atoms with van der Waals surface area (Å²) < 4.78 is 0.704. The highest BCUT2D eigenvalue weighted by molar-refractivity contribution is 8.01. The van der Waals surface area contributed by atoms with Crippen molar-refractivity contribution in [1.82, 2.24) is 10.2 Å². The Morgan fingerprint density at radius 3 is 2.93 bits per heavy atom. The van der Waals surface area contributed by atoms with Crippen LogP contribution in [-0.4, -0.2) is 40.6 Å². The van der Waals surface area contributed by atoms with E-state index in [9.17, 15) is 4.79 Å². The molecule has 1 aromatic rings. The van der Waals surface area contributed by atoms with E-state index in [4.69, 9.17) is 5.11 Å². The molecule has 84 valence electrons. The number of carboxylic acids is 1. The molecule has 1 aromatic heterocycles. The molecule has 0 atom stereocenters. The molecule has 0 unspecified atom stereocenters. The maximum Gasteiger partial charge on any atom is 0.313 e. The molecule has 0 aliphatic heterocycles. The third-order valence-corrected chi connectivity index (χ3v) is 3.76. The molecule has 15 heavy (non-hydrogen) atoms. The zero-order valence-corrected chi connectivity index (χ0v) is 10.3. The van der Waals surface area contributed by atoms with Crippen molar-refractivity contribution < 1.29 is 9.90 Å². The Balaban J connectivity index is 2.51. The van der Waals surface area contributed by atoms with Crippen molar-refractivity contribution in [2.45, 2.75) is 17.7 Å². The van der Waals surface area contributed by atoms with Crippen LogP contribution in [0.25, 0.3) is 0 Å². The van der Waals surface area contributed by atoms with Gasteiger partial charge in [-0.25, -0.2) is 0 Å². The predicted molar refractivity (Wildman–Crippen MR) is 61.8 cm³/mol. The quantitative estimate of drug-likeness (QED) is 0.770. The van der Waals surface area contributed by atoms with Crippen LogP contribution in [0.3, 0.4) is 0 Å². The van der Waals surface area contributed by atoms with Gasteiger partial charge in [0.05, 0.1) is 5.75 Å². The highest BCUT2D eigenvalue weighted by Gasteiger charge is 2.09. The standard InChI is InChI=1S/C8H13N3O2S2/c1-3-4-11(2)7-9-10-8(15-7)14-5-6(12)13/h3-5H2,1-2H3,(H,12,13). The summed E-state index contributed by atoms with van der Waals surface area (Å²) in [5.74, 6) is -0.801. The first kappa shape index (κ1) is 12.3. The lowest BCUT2D eigenvalue weighted by molar-refractivity contribution is -0.133. The van der Waals surface area contributed by atoms with Crippen molar-refractivity contribution >= 4 is 34.2 Å². The molecule has 0 fully saturated rings. The van der Waals surface area contributed by atoms with Crippen LogP contribution in [0.4, 0.5) is 5.13 Å². The van der Waals surface area contributed by atoms with Crippen LogP contribution in [0.15, 0.2) is 4.34 Å². The van der Waals surface area contributed by atoms with Crippen LogP contribution in [0.2, 0.25) is 0 Å². The smallest absolute Gasteiger partial charge is 0.313 e. The molecule has 7 heteroatoms. The summed E-state index contributed by atoms with van der Waals surface area (Å²) in [5, 5.41) is 17.2. The minimum absolute atomic E-state index is 0.0339. The molecule has 0 bridgehead atoms. The second-order valence-electron chi connectivity index (χ2n) is 2.95. The number of aliphatic carboxylic acids is 1.